The molecule has 0 atom stereocenters. The molecule has 0 unspecified atom stereocenters. The first kappa shape index (κ1) is 9.52. The van der Waals surface area contributed by atoms with Crippen molar-refractivity contribution < 1.29 is 4.79 Å². The highest BCUT2D eigenvalue weighted by Gasteiger charge is 1.98. The molecule has 0 radical (unpaired) electrons. The summed E-state index contributed by atoms with van der Waals surface area (Å²) in [7, 11) is 0. The van der Waals surface area contributed by atoms with E-state index in [1.54, 1.807) is 6.92 Å². The Hall–Kier alpha value is -1.57. The first-order valence-electron chi connectivity index (χ1n) is 4.19. The molecule has 1 aromatic carbocycles. The third-order valence-electron chi connectivity index (χ3n) is 1.61. The Kier molecular flexibility index (Phi) is 3.26. The van der Waals surface area contributed by atoms with Crippen molar-refractivity contribution in [1.82, 2.24) is 0 Å². The van der Waals surface area contributed by atoms with Gasteiger partial charge >= 0.3 is 0 Å². The van der Waals surface area contributed by atoms with Crippen LogP contribution in [-0.2, 0) is 11.2 Å². The summed E-state index contributed by atoms with van der Waals surface area (Å²) < 4.78 is 0. The van der Waals surface area contributed by atoms with Crippen LogP contribution < -0.4 is 5.73 Å². The highest BCUT2D eigenvalue weighted by atomic mass is 16.1. The second-order valence-corrected chi connectivity index (χ2v) is 3.02. The van der Waals surface area contributed by atoms with Gasteiger partial charge in [0.2, 0.25) is 0 Å². The normalized spacial score (nSPS) is 11.3. The van der Waals surface area contributed by atoms with Gasteiger partial charge in [0.05, 0.1) is 0 Å². The third-order valence-corrected chi connectivity index (χ3v) is 1.61. The maximum Gasteiger partial charge on any atom is 0.161 e. The molecule has 2 nitrogen and oxygen atoms in total. The molecule has 0 heterocycles. The Labute approximate surface area is 78.1 Å². The van der Waals surface area contributed by atoms with Gasteiger partial charge in [-0.05, 0) is 18.6 Å². The van der Waals surface area contributed by atoms with E-state index < -0.39 is 0 Å². The Balaban J connectivity index is 2.61. The highest BCUT2D eigenvalue weighted by Crippen LogP contribution is 2.00. The van der Waals surface area contributed by atoms with Crippen LogP contribution in [0, 0.1) is 0 Å². The zero-order valence-electron chi connectivity index (χ0n) is 7.66. The zero-order valence-corrected chi connectivity index (χ0v) is 7.66. The van der Waals surface area contributed by atoms with Gasteiger partial charge in [0.1, 0.15) is 0 Å². The Morgan fingerprint density at radius 2 is 2.00 bits per heavy atom. The third kappa shape index (κ3) is 3.56. The van der Waals surface area contributed by atoms with Gasteiger partial charge in [-0.15, -0.1) is 0 Å². The van der Waals surface area contributed by atoms with E-state index in [2.05, 4.69) is 0 Å². The molecule has 13 heavy (non-hydrogen) atoms. The van der Waals surface area contributed by atoms with E-state index in [0.717, 1.165) is 5.56 Å². The van der Waals surface area contributed by atoms with Gasteiger partial charge in [-0.25, -0.2) is 0 Å². The SMILES string of the molecule is C/C(N)=C\C(=O)Cc1ccccc1. The van der Waals surface area contributed by atoms with Gasteiger partial charge in [0, 0.05) is 12.1 Å². The largest absolute Gasteiger partial charge is 0.402 e. The van der Waals surface area contributed by atoms with Crippen LogP contribution in [0.3, 0.4) is 0 Å². The fourth-order valence-corrected chi connectivity index (χ4v) is 1.10. The molecule has 0 saturated heterocycles. The number of hydrogen-bond acceptors (Lipinski definition) is 2. The monoisotopic (exact) mass is 175 g/mol. The first-order valence-corrected chi connectivity index (χ1v) is 4.19. The second kappa shape index (κ2) is 4.45. The number of ketones is 1. The van der Waals surface area contributed by atoms with Crippen LogP contribution in [0.2, 0.25) is 0 Å². The molecule has 0 fully saturated rings. The van der Waals surface area contributed by atoms with Gasteiger partial charge in [0.25, 0.3) is 0 Å². The number of nitrogens with two attached hydrogens (primary N) is 1. The summed E-state index contributed by atoms with van der Waals surface area (Å²) in [6.45, 7) is 1.71. The lowest BCUT2D eigenvalue weighted by molar-refractivity contribution is -0.114. The average Bonchev–Trinajstić information content (AvgIpc) is 2.04. The lowest BCUT2D eigenvalue weighted by atomic mass is 10.1. The van der Waals surface area contributed by atoms with Crippen molar-refractivity contribution in [1.29, 1.82) is 0 Å². The van der Waals surface area contributed by atoms with E-state index in [4.69, 9.17) is 5.73 Å². The smallest absolute Gasteiger partial charge is 0.161 e. The fourth-order valence-electron chi connectivity index (χ4n) is 1.10. The molecule has 2 heteroatoms. The van der Waals surface area contributed by atoms with Crippen LogP contribution in [0.15, 0.2) is 42.1 Å². The Morgan fingerprint density at radius 1 is 1.38 bits per heavy atom. The molecule has 0 aliphatic carbocycles. The quantitative estimate of drug-likeness (QED) is 0.710. The molecule has 0 amide bonds. The number of hydrogen-bond donors (Lipinski definition) is 1. The minimum absolute atomic E-state index is 0.0474. The molecule has 0 spiro atoms. The van der Waals surface area contributed by atoms with Gasteiger partial charge in [-0.3, -0.25) is 4.79 Å². The minimum Gasteiger partial charge on any atom is -0.402 e. The predicted octanol–water partition coefficient (Wildman–Crippen LogP) is 1.66. The molecule has 1 aromatic rings. The molecule has 1 rings (SSSR count). The van der Waals surface area contributed by atoms with E-state index in [1.807, 2.05) is 30.3 Å². The topological polar surface area (TPSA) is 43.1 Å². The molecular formula is C11H13NO. The number of benzene rings is 1. The highest BCUT2D eigenvalue weighted by molar-refractivity contribution is 5.91. The summed E-state index contributed by atoms with van der Waals surface area (Å²) in [6.07, 6.45) is 1.89. The van der Waals surface area contributed by atoms with Crippen molar-refractivity contribution in [2.75, 3.05) is 0 Å². The van der Waals surface area contributed by atoms with Gasteiger partial charge in [-0.2, -0.15) is 0 Å². The summed E-state index contributed by atoms with van der Waals surface area (Å²) in [5, 5.41) is 0. The van der Waals surface area contributed by atoms with Gasteiger partial charge in [0.15, 0.2) is 5.78 Å². The van der Waals surface area contributed by atoms with Crippen LogP contribution in [0.5, 0.6) is 0 Å². The maximum atomic E-state index is 11.3. The minimum atomic E-state index is 0.0474. The van der Waals surface area contributed by atoms with Crippen LogP contribution in [0.4, 0.5) is 0 Å². The van der Waals surface area contributed by atoms with Gasteiger partial charge in [-0.1, -0.05) is 30.3 Å². The summed E-state index contributed by atoms with van der Waals surface area (Å²) in [5.41, 5.74) is 6.96. The van der Waals surface area contributed by atoms with Gasteiger partial charge < -0.3 is 5.73 Å². The Bertz CT molecular complexity index is 310. The molecule has 0 bridgehead atoms. The molecule has 2 N–H and O–H groups in total. The Morgan fingerprint density at radius 3 is 2.54 bits per heavy atom. The lowest BCUT2D eigenvalue weighted by Gasteiger charge is -1.96. The van der Waals surface area contributed by atoms with E-state index in [1.165, 1.54) is 6.08 Å². The maximum absolute atomic E-state index is 11.3. The van der Waals surface area contributed by atoms with Crippen molar-refractivity contribution in [2.45, 2.75) is 13.3 Å². The molecule has 0 saturated carbocycles. The van der Waals surface area contributed by atoms with Crippen molar-refractivity contribution in [3.8, 4) is 0 Å². The van der Waals surface area contributed by atoms with E-state index in [9.17, 15) is 4.79 Å². The molecule has 0 aliphatic rings. The summed E-state index contributed by atoms with van der Waals surface area (Å²) in [4.78, 5) is 11.3. The lowest BCUT2D eigenvalue weighted by Crippen LogP contribution is -2.02. The summed E-state index contributed by atoms with van der Waals surface area (Å²) >= 11 is 0. The number of allylic oxidation sites excluding steroid dienone is 2. The number of rotatable bonds is 3. The summed E-state index contributed by atoms with van der Waals surface area (Å²) in [6, 6.07) is 9.62. The van der Waals surface area contributed by atoms with E-state index in [-0.39, 0.29) is 5.78 Å². The molecule has 0 aromatic heterocycles. The molecular weight excluding hydrogens is 162 g/mol. The van der Waals surface area contributed by atoms with Crippen LogP contribution >= 0.6 is 0 Å². The fraction of sp³-hybridized carbons (Fsp3) is 0.182. The predicted molar refractivity (Wildman–Crippen MR) is 53.1 cm³/mol. The first-order chi connectivity index (χ1) is 6.18. The standard InChI is InChI=1S/C11H13NO/c1-9(12)7-11(13)8-10-5-3-2-4-6-10/h2-7H,8,12H2,1H3/b9-7+. The molecule has 0 aliphatic heterocycles. The van der Waals surface area contributed by atoms with Crippen molar-refractivity contribution in [2.24, 2.45) is 5.73 Å². The van der Waals surface area contributed by atoms with Crippen LogP contribution in [-0.4, -0.2) is 5.78 Å². The van der Waals surface area contributed by atoms with Crippen molar-refractivity contribution in [3.63, 3.8) is 0 Å². The molecule has 68 valence electrons. The zero-order chi connectivity index (χ0) is 9.68. The number of carbonyl (C=O) groups is 1. The van der Waals surface area contributed by atoms with Crippen LogP contribution in [0.1, 0.15) is 12.5 Å². The summed E-state index contributed by atoms with van der Waals surface area (Å²) in [5.74, 6) is 0.0474. The number of carbonyl (C=O) groups excluding carboxylic acids is 1. The van der Waals surface area contributed by atoms with Crippen molar-refractivity contribution in [3.05, 3.63) is 47.7 Å². The van der Waals surface area contributed by atoms with E-state index in [0.29, 0.717) is 12.1 Å². The average molecular weight is 175 g/mol. The van der Waals surface area contributed by atoms with Crippen molar-refractivity contribution >= 4 is 5.78 Å². The van der Waals surface area contributed by atoms with E-state index >= 15 is 0 Å². The van der Waals surface area contributed by atoms with Crippen LogP contribution in [0.25, 0.3) is 0 Å². The second-order valence-electron chi connectivity index (χ2n) is 3.02.